The maximum absolute atomic E-state index is 13.3. The van der Waals surface area contributed by atoms with E-state index in [1.807, 2.05) is 4.57 Å². The summed E-state index contributed by atoms with van der Waals surface area (Å²) in [5, 5.41) is 9.32. The lowest BCUT2D eigenvalue weighted by atomic mass is 10.1. The van der Waals surface area contributed by atoms with Gasteiger partial charge in [-0.2, -0.15) is 0 Å². The monoisotopic (exact) mass is 363 g/mol. The quantitative estimate of drug-likeness (QED) is 0.764. The van der Waals surface area contributed by atoms with E-state index in [1.54, 1.807) is 12.1 Å². The van der Waals surface area contributed by atoms with E-state index in [0.717, 1.165) is 24.6 Å². The molecular formula is C17H22FN5OS. The fourth-order valence-corrected chi connectivity index (χ4v) is 3.83. The molecule has 1 aliphatic heterocycles. The molecule has 0 radical (unpaired) electrons. The molecule has 6 nitrogen and oxygen atoms in total. The molecule has 0 saturated carbocycles. The highest BCUT2D eigenvalue weighted by molar-refractivity contribution is 7.99. The fourth-order valence-electron chi connectivity index (χ4n) is 2.91. The van der Waals surface area contributed by atoms with Gasteiger partial charge in [0, 0.05) is 17.9 Å². The molecule has 0 unspecified atom stereocenters. The molecule has 1 aromatic carbocycles. The summed E-state index contributed by atoms with van der Waals surface area (Å²) in [4.78, 5) is 13.3. The Morgan fingerprint density at radius 1 is 1.16 bits per heavy atom. The van der Waals surface area contributed by atoms with Gasteiger partial charge in [-0.05, 0) is 50.2 Å². The maximum atomic E-state index is 13.3. The third-order valence-corrected chi connectivity index (χ3v) is 5.11. The fraction of sp³-hybridized carbons (Fsp3) is 0.471. The number of carbonyl (C=O) groups excluding carboxylic acids is 1. The number of halogens is 1. The molecular weight excluding hydrogens is 341 g/mol. The van der Waals surface area contributed by atoms with Crippen LogP contribution in [0, 0.1) is 5.82 Å². The second-order valence-electron chi connectivity index (χ2n) is 6.11. The molecule has 1 saturated heterocycles. The van der Waals surface area contributed by atoms with Crippen LogP contribution in [-0.4, -0.2) is 44.4 Å². The first-order valence-electron chi connectivity index (χ1n) is 8.47. The molecule has 2 N–H and O–H groups in total. The van der Waals surface area contributed by atoms with Crippen molar-refractivity contribution < 1.29 is 9.18 Å². The van der Waals surface area contributed by atoms with Crippen LogP contribution in [0.25, 0.3) is 5.69 Å². The summed E-state index contributed by atoms with van der Waals surface area (Å²) in [6.45, 7) is 2.82. The maximum Gasteiger partial charge on any atom is 0.218 e. The molecule has 0 bridgehead atoms. The van der Waals surface area contributed by atoms with Crippen molar-refractivity contribution in [2.45, 2.75) is 37.4 Å². The molecule has 25 heavy (non-hydrogen) atoms. The minimum absolute atomic E-state index is 0.280. The van der Waals surface area contributed by atoms with Crippen LogP contribution in [0.2, 0.25) is 0 Å². The lowest BCUT2D eigenvalue weighted by Gasteiger charge is -2.26. The summed E-state index contributed by atoms with van der Waals surface area (Å²) in [6.07, 6.45) is 3.95. The predicted octanol–water partition coefficient (Wildman–Crippen LogP) is 2.36. The van der Waals surface area contributed by atoms with Crippen molar-refractivity contribution in [3.63, 3.8) is 0 Å². The predicted molar refractivity (Wildman–Crippen MR) is 95.0 cm³/mol. The molecule has 1 fully saturated rings. The van der Waals surface area contributed by atoms with Crippen molar-refractivity contribution in [1.82, 2.24) is 19.7 Å². The number of aromatic nitrogens is 3. The zero-order valence-electron chi connectivity index (χ0n) is 14.0. The minimum atomic E-state index is -0.339. The molecule has 3 rings (SSSR count). The first-order chi connectivity index (χ1) is 12.1. The van der Waals surface area contributed by atoms with Gasteiger partial charge in [-0.3, -0.25) is 14.3 Å². The van der Waals surface area contributed by atoms with Gasteiger partial charge in [0.05, 0.1) is 6.54 Å². The number of likely N-dealkylation sites (tertiary alicyclic amines) is 1. The average molecular weight is 363 g/mol. The summed E-state index contributed by atoms with van der Waals surface area (Å²) < 4.78 is 15.2. The van der Waals surface area contributed by atoms with Gasteiger partial charge in [-0.25, -0.2) is 4.39 Å². The van der Waals surface area contributed by atoms with E-state index < -0.39 is 0 Å². The molecule has 0 aliphatic carbocycles. The van der Waals surface area contributed by atoms with Crippen LogP contribution in [0.1, 0.15) is 31.5 Å². The minimum Gasteiger partial charge on any atom is -0.370 e. The van der Waals surface area contributed by atoms with E-state index in [9.17, 15) is 9.18 Å². The average Bonchev–Trinajstić information content (AvgIpc) is 2.99. The van der Waals surface area contributed by atoms with Crippen LogP contribution in [0.15, 0.2) is 29.4 Å². The summed E-state index contributed by atoms with van der Waals surface area (Å²) >= 11 is 1.43. The van der Waals surface area contributed by atoms with Crippen LogP contribution in [0.4, 0.5) is 4.39 Å². The smallest absolute Gasteiger partial charge is 0.218 e. The summed E-state index contributed by atoms with van der Waals surface area (Å²) in [7, 11) is 0. The number of carbonyl (C=O) groups is 1. The van der Waals surface area contributed by atoms with E-state index in [0.29, 0.717) is 17.5 Å². The largest absolute Gasteiger partial charge is 0.370 e. The molecule has 1 aliphatic rings. The number of benzene rings is 1. The van der Waals surface area contributed by atoms with E-state index in [1.165, 1.54) is 43.2 Å². The number of nitrogens with zero attached hydrogens (tertiary/aromatic N) is 4. The Kier molecular flexibility index (Phi) is 6.04. The van der Waals surface area contributed by atoms with Crippen LogP contribution >= 0.6 is 11.8 Å². The van der Waals surface area contributed by atoms with E-state index >= 15 is 0 Å². The van der Waals surface area contributed by atoms with Gasteiger partial charge >= 0.3 is 0 Å². The Morgan fingerprint density at radius 2 is 1.88 bits per heavy atom. The highest BCUT2D eigenvalue weighted by Crippen LogP contribution is 2.24. The normalized spacial score (nSPS) is 15.4. The zero-order valence-corrected chi connectivity index (χ0v) is 14.8. The summed E-state index contributed by atoms with van der Waals surface area (Å²) in [5.74, 6) is 0.750. The first-order valence-corrected chi connectivity index (χ1v) is 9.46. The number of thioether (sulfide) groups is 1. The third-order valence-electron chi connectivity index (χ3n) is 4.18. The molecule has 8 heteroatoms. The van der Waals surface area contributed by atoms with Crippen LogP contribution < -0.4 is 5.73 Å². The number of hydrogen-bond donors (Lipinski definition) is 1. The topological polar surface area (TPSA) is 77.0 Å². The van der Waals surface area contributed by atoms with Gasteiger partial charge in [-0.15, -0.1) is 10.2 Å². The number of hydrogen-bond acceptors (Lipinski definition) is 5. The molecule has 0 atom stereocenters. The molecule has 0 spiro atoms. The number of nitrogens with two attached hydrogens (primary N) is 1. The van der Waals surface area contributed by atoms with Gasteiger partial charge < -0.3 is 5.73 Å². The summed E-state index contributed by atoms with van der Waals surface area (Å²) in [5.41, 5.74) is 6.03. The Hall–Kier alpha value is -1.93. The van der Waals surface area contributed by atoms with Gasteiger partial charge in [0.2, 0.25) is 5.91 Å². The van der Waals surface area contributed by atoms with E-state index in [4.69, 9.17) is 5.73 Å². The standard InChI is InChI=1S/C17H22FN5OS/c18-13-4-6-14(7-5-13)23-16(12-22-9-2-1-3-10-22)20-21-17(23)25-11-8-15(19)24/h4-7H,1-3,8-12H2,(H2,19,24). The van der Waals surface area contributed by atoms with Crippen LogP contribution in [0.3, 0.4) is 0 Å². The Bertz CT molecular complexity index is 712. The zero-order chi connectivity index (χ0) is 17.6. The molecule has 1 aromatic heterocycles. The summed E-state index contributed by atoms with van der Waals surface area (Å²) in [6, 6.07) is 6.29. The van der Waals surface area contributed by atoms with Crippen molar-refractivity contribution in [3.8, 4) is 5.69 Å². The van der Waals surface area contributed by atoms with Crippen molar-refractivity contribution in [2.24, 2.45) is 5.73 Å². The Labute approximate surface area is 150 Å². The SMILES string of the molecule is NC(=O)CCSc1nnc(CN2CCCCC2)n1-c1ccc(F)cc1. The van der Waals surface area contributed by atoms with Gasteiger partial charge in [0.1, 0.15) is 5.82 Å². The number of primary amides is 1. The lowest BCUT2D eigenvalue weighted by Crippen LogP contribution is -2.30. The van der Waals surface area contributed by atoms with Crippen molar-refractivity contribution >= 4 is 17.7 Å². The van der Waals surface area contributed by atoms with Crippen molar-refractivity contribution in [1.29, 1.82) is 0 Å². The number of piperidine rings is 1. The van der Waals surface area contributed by atoms with Gasteiger partial charge in [0.15, 0.2) is 11.0 Å². The molecule has 2 aromatic rings. The van der Waals surface area contributed by atoms with Crippen molar-refractivity contribution in [2.75, 3.05) is 18.8 Å². The van der Waals surface area contributed by atoms with E-state index in [2.05, 4.69) is 15.1 Å². The second-order valence-corrected chi connectivity index (χ2v) is 7.17. The highest BCUT2D eigenvalue weighted by Gasteiger charge is 2.19. The lowest BCUT2D eigenvalue weighted by molar-refractivity contribution is -0.117. The second kappa shape index (κ2) is 8.44. The van der Waals surface area contributed by atoms with Gasteiger partial charge in [-0.1, -0.05) is 18.2 Å². The van der Waals surface area contributed by atoms with E-state index in [-0.39, 0.29) is 18.1 Å². The first kappa shape index (κ1) is 17.9. The Balaban J connectivity index is 1.84. The Morgan fingerprint density at radius 3 is 2.56 bits per heavy atom. The number of amides is 1. The molecule has 2 heterocycles. The molecule has 1 amide bonds. The van der Waals surface area contributed by atoms with Crippen LogP contribution in [0.5, 0.6) is 0 Å². The highest BCUT2D eigenvalue weighted by atomic mass is 32.2. The van der Waals surface area contributed by atoms with Gasteiger partial charge in [0.25, 0.3) is 0 Å². The van der Waals surface area contributed by atoms with Crippen molar-refractivity contribution in [3.05, 3.63) is 35.9 Å². The third kappa shape index (κ3) is 4.79. The number of rotatable bonds is 7. The molecule has 134 valence electrons. The van der Waals surface area contributed by atoms with Crippen LogP contribution in [-0.2, 0) is 11.3 Å².